The van der Waals surface area contributed by atoms with Gasteiger partial charge in [0.1, 0.15) is 0 Å². The highest BCUT2D eigenvalue weighted by Crippen LogP contribution is 2.59. The van der Waals surface area contributed by atoms with Crippen molar-refractivity contribution in [3.05, 3.63) is 111 Å². The first-order valence-electron chi connectivity index (χ1n) is 11.2. The number of likely N-dealkylation sites (tertiary alicyclic amines) is 1. The molecule has 1 saturated heterocycles. The Labute approximate surface area is 193 Å². The second-order valence-electron chi connectivity index (χ2n) is 9.34. The van der Waals surface area contributed by atoms with Gasteiger partial charge in [-0.2, -0.15) is 0 Å². The molecular formula is C27H27N3O3. The Balaban J connectivity index is 1.84. The molecule has 0 radical (unpaired) electrons. The lowest BCUT2D eigenvalue weighted by Crippen LogP contribution is -2.64. The fraction of sp³-hybridized carbons (Fsp3) is 0.296. The lowest BCUT2D eigenvalue weighted by molar-refractivity contribution is -0.583. The van der Waals surface area contributed by atoms with Crippen LogP contribution in [0.3, 0.4) is 0 Å². The molecule has 2 aliphatic heterocycles. The number of anilines is 1. The first kappa shape index (κ1) is 21.3. The Hall–Kier alpha value is -3.51. The quantitative estimate of drug-likeness (QED) is 0.480. The van der Waals surface area contributed by atoms with Crippen LogP contribution < -0.4 is 5.32 Å². The van der Waals surface area contributed by atoms with Gasteiger partial charge in [-0.05, 0) is 43.7 Å². The maximum Gasteiger partial charge on any atom is 0.265 e. The van der Waals surface area contributed by atoms with E-state index in [9.17, 15) is 14.9 Å². The van der Waals surface area contributed by atoms with Gasteiger partial charge in [-0.15, -0.1) is 0 Å². The normalized spacial score (nSPS) is 26.4. The maximum absolute atomic E-state index is 13.8. The van der Waals surface area contributed by atoms with Gasteiger partial charge >= 0.3 is 0 Å². The lowest BCUT2D eigenvalue weighted by atomic mass is 9.64. The molecule has 6 heteroatoms. The SMILES string of the molecule is Cc1ccc(C)c(CC2([N+](=O)[O-])C(c3ccccc3)CN(C)C23C(=O)Nc2ccccc23)c1. The third-order valence-corrected chi connectivity index (χ3v) is 7.62. The number of nitrogens with one attached hydrogen (secondary N) is 1. The van der Waals surface area contributed by atoms with Crippen LogP contribution in [0.15, 0.2) is 72.8 Å². The van der Waals surface area contributed by atoms with Crippen molar-refractivity contribution >= 4 is 11.6 Å². The molecule has 5 rings (SSSR count). The molecule has 0 aliphatic carbocycles. The highest BCUT2D eigenvalue weighted by Gasteiger charge is 2.78. The van der Waals surface area contributed by atoms with Crippen LogP contribution >= 0.6 is 0 Å². The second kappa shape index (κ2) is 7.52. The third-order valence-electron chi connectivity index (χ3n) is 7.62. The molecule has 1 spiro atoms. The van der Waals surface area contributed by atoms with Crippen LogP contribution in [0, 0.1) is 24.0 Å². The summed E-state index contributed by atoms with van der Waals surface area (Å²) in [5, 5.41) is 16.3. The number of nitrogens with zero attached hydrogens (tertiary/aromatic N) is 2. The lowest BCUT2D eigenvalue weighted by Gasteiger charge is -2.40. The fourth-order valence-electron chi connectivity index (χ4n) is 6.12. The number of rotatable bonds is 4. The van der Waals surface area contributed by atoms with Gasteiger partial charge in [-0.3, -0.25) is 19.8 Å². The minimum Gasteiger partial charge on any atom is -0.324 e. The van der Waals surface area contributed by atoms with E-state index in [2.05, 4.69) is 5.32 Å². The Morgan fingerprint density at radius 1 is 1.06 bits per heavy atom. The van der Waals surface area contributed by atoms with E-state index in [4.69, 9.17) is 0 Å². The molecule has 3 unspecified atom stereocenters. The Bertz CT molecular complexity index is 1260. The predicted molar refractivity (Wildman–Crippen MR) is 128 cm³/mol. The fourth-order valence-corrected chi connectivity index (χ4v) is 6.12. The van der Waals surface area contributed by atoms with Crippen molar-refractivity contribution < 1.29 is 9.72 Å². The molecule has 168 valence electrons. The number of hydrogen-bond acceptors (Lipinski definition) is 4. The standard InChI is InChI=1S/C27H27N3O3/c1-18-13-14-19(2)21(15-18)16-26(30(32)33)23(20-9-5-4-6-10-20)17-29(3)27(26)22-11-7-8-12-24(22)28-25(27)31/h4-15,23H,16-17H2,1-3H3,(H,28,31). The number of carbonyl (C=O) groups excluding carboxylic acids is 1. The van der Waals surface area contributed by atoms with E-state index in [1.54, 1.807) is 0 Å². The minimum atomic E-state index is -1.60. The van der Waals surface area contributed by atoms with E-state index in [1.807, 2.05) is 98.6 Å². The Morgan fingerprint density at radius 2 is 1.76 bits per heavy atom. The average Bonchev–Trinajstić information content (AvgIpc) is 3.25. The van der Waals surface area contributed by atoms with Gasteiger partial charge in [0.15, 0.2) is 5.54 Å². The van der Waals surface area contributed by atoms with E-state index in [-0.39, 0.29) is 17.3 Å². The van der Waals surface area contributed by atoms with E-state index in [0.717, 1.165) is 22.3 Å². The van der Waals surface area contributed by atoms with Crippen LogP contribution in [0.4, 0.5) is 5.69 Å². The predicted octanol–water partition coefficient (Wildman–Crippen LogP) is 4.44. The van der Waals surface area contributed by atoms with Crippen LogP contribution in [0.1, 0.15) is 33.7 Å². The first-order valence-corrected chi connectivity index (χ1v) is 11.2. The number of aryl methyl sites for hydroxylation is 2. The topological polar surface area (TPSA) is 75.5 Å². The van der Waals surface area contributed by atoms with Gasteiger partial charge < -0.3 is 5.32 Å². The molecule has 1 amide bonds. The molecule has 3 aromatic carbocycles. The van der Waals surface area contributed by atoms with E-state index in [1.165, 1.54) is 0 Å². The van der Waals surface area contributed by atoms with Crippen molar-refractivity contribution in [1.82, 2.24) is 4.90 Å². The Kier molecular flexibility index (Phi) is 4.87. The number of nitro groups is 1. The Morgan fingerprint density at radius 3 is 2.48 bits per heavy atom. The highest BCUT2D eigenvalue weighted by atomic mass is 16.6. The molecule has 33 heavy (non-hydrogen) atoms. The van der Waals surface area contributed by atoms with Gasteiger partial charge in [0, 0.05) is 29.1 Å². The van der Waals surface area contributed by atoms with Crippen molar-refractivity contribution in [2.75, 3.05) is 18.9 Å². The molecule has 2 heterocycles. The molecule has 1 fully saturated rings. The summed E-state index contributed by atoms with van der Waals surface area (Å²) in [6.45, 7) is 4.37. The van der Waals surface area contributed by atoms with E-state index in [0.29, 0.717) is 17.8 Å². The second-order valence-corrected chi connectivity index (χ2v) is 9.34. The van der Waals surface area contributed by atoms with Crippen molar-refractivity contribution in [3.8, 4) is 0 Å². The van der Waals surface area contributed by atoms with Crippen LogP contribution in [0.25, 0.3) is 0 Å². The van der Waals surface area contributed by atoms with Gasteiger partial charge in [0.05, 0.1) is 5.92 Å². The monoisotopic (exact) mass is 441 g/mol. The smallest absolute Gasteiger partial charge is 0.265 e. The molecule has 0 aromatic heterocycles. The molecular weight excluding hydrogens is 414 g/mol. The van der Waals surface area contributed by atoms with Gasteiger partial charge in [-0.1, -0.05) is 72.3 Å². The third kappa shape index (κ3) is 2.80. The maximum atomic E-state index is 13.8. The molecule has 3 aromatic rings. The number of amides is 1. The van der Waals surface area contributed by atoms with Crippen LogP contribution in [0.5, 0.6) is 0 Å². The van der Waals surface area contributed by atoms with Crippen molar-refractivity contribution in [2.45, 2.75) is 37.3 Å². The summed E-state index contributed by atoms with van der Waals surface area (Å²) in [5.41, 5.74) is 2.11. The zero-order valence-corrected chi connectivity index (χ0v) is 19.0. The first-order chi connectivity index (χ1) is 15.8. The largest absolute Gasteiger partial charge is 0.324 e. The van der Waals surface area contributed by atoms with Crippen LogP contribution in [-0.4, -0.2) is 34.9 Å². The number of likely N-dealkylation sites (N-methyl/N-ethyl adjacent to an activating group) is 1. The van der Waals surface area contributed by atoms with Gasteiger partial charge in [0.2, 0.25) is 0 Å². The summed E-state index contributed by atoms with van der Waals surface area (Å²) >= 11 is 0. The molecule has 1 N–H and O–H groups in total. The summed E-state index contributed by atoms with van der Waals surface area (Å²) in [4.78, 5) is 28.9. The van der Waals surface area contributed by atoms with E-state index >= 15 is 0 Å². The number of fused-ring (bicyclic) bond motifs is 2. The van der Waals surface area contributed by atoms with Crippen LogP contribution in [-0.2, 0) is 16.8 Å². The summed E-state index contributed by atoms with van der Waals surface area (Å²) in [6, 6.07) is 23.0. The molecule has 3 atom stereocenters. The molecule has 0 saturated carbocycles. The van der Waals surface area contributed by atoms with Gasteiger partial charge in [0.25, 0.3) is 11.4 Å². The zero-order valence-electron chi connectivity index (χ0n) is 19.0. The minimum absolute atomic E-state index is 0.152. The zero-order chi connectivity index (χ0) is 23.4. The number of carbonyl (C=O) groups is 1. The van der Waals surface area contributed by atoms with Gasteiger partial charge in [-0.25, -0.2) is 0 Å². The molecule has 2 aliphatic rings. The summed E-state index contributed by atoms with van der Waals surface area (Å²) in [7, 11) is 1.84. The highest BCUT2D eigenvalue weighted by molar-refractivity contribution is 6.07. The summed E-state index contributed by atoms with van der Waals surface area (Å²) < 4.78 is 0. The van der Waals surface area contributed by atoms with Crippen molar-refractivity contribution in [1.29, 1.82) is 0 Å². The number of hydrogen-bond donors (Lipinski definition) is 1. The number of benzene rings is 3. The van der Waals surface area contributed by atoms with E-state index < -0.39 is 17.0 Å². The molecule has 0 bridgehead atoms. The van der Waals surface area contributed by atoms with Crippen LogP contribution in [0.2, 0.25) is 0 Å². The molecule has 6 nitrogen and oxygen atoms in total. The average molecular weight is 442 g/mol. The summed E-state index contributed by atoms with van der Waals surface area (Å²) in [6.07, 6.45) is 0.152. The number of para-hydroxylation sites is 1. The summed E-state index contributed by atoms with van der Waals surface area (Å²) in [5.74, 6) is -0.804. The van der Waals surface area contributed by atoms with Crippen molar-refractivity contribution in [2.24, 2.45) is 0 Å². The van der Waals surface area contributed by atoms with Crippen molar-refractivity contribution in [3.63, 3.8) is 0 Å².